The van der Waals surface area contributed by atoms with Gasteiger partial charge in [0.1, 0.15) is 11.6 Å². The van der Waals surface area contributed by atoms with Gasteiger partial charge in [-0.3, -0.25) is 0 Å². The number of halogens is 5. The maximum Gasteiger partial charge on any atom is 0.195 e. The summed E-state index contributed by atoms with van der Waals surface area (Å²) in [7, 11) is 0. The SMILES string of the molecule is CC[C@H]1CC[C@H](c2cc(F)c(-c3ccc4c(F)c(F)c(F)cc4c3)c(F)c2)CC1. The van der Waals surface area contributed by atoms with Crippen molar-refractivity contribution >= 4 is 10.8 Å². The van der Waals surface area contributed by atoms with Crippen molar-refractivity contribution in [1.82, 2.24) is 0 Å². The standard InChI is InChI=1S/C24H21F5/c1-2-13-3-5-14(6-4-13)16-10-19(25)22(20(26)11-16)15-7-8-18-17(9-15)12-21(27)24(29)23(18)28/h7-14H,2-6H2,1H3/t13-,14-. The molecule has 0 heterocycles. The van der Waals surface area contributed by atoms with Crippen LogP contribution in [0.1, 0.15) is 50.5 Å². The molecule has 152 valence electrons. The third-order valence-electron chi connectivity index (χ3n) is 6.22. The Balaban J connectivity index is 1.71. The molecular formula is C24H21F5. The summed E-state index contributed by atoms with van der Waals surface area (Å²) in [6.45, 7) is 2.16. The van der Waals surface area contributed by atoms with Crippen LogP contribution in [0.5, 0.6) is 0 Å². The number of hydrogen-bond acceptors (Lipinski definition) is 0. The van der Waals surface area contributed by atoms with Crippen LogP contribution in [0, 0.1) is 35.0 Å². The van der Waals surface area contributed by atoms with E-state index in [4.69, 9.17) is 0 Å². The Labute approximate surface area is 166 Å². The smallest absolute Gasteiger partial charge is 0.195 e. The lowest BCUT2D eigenvalue weighted by Gasteiger charge is -2.28. The molecule has 1 aliphatic carbocycles. The van der Waals surface area contributed by atoms with E-state index < -0.39 is 29.1 Å². The first-order valence-electron chi connectivity index (χ1n) is 9.95. The first-order valence-corrected chi connectivity index (χ1v) is 9.95. The van der Waals surface area contributed by atoms with E-state index in [1.807, 2.05) is 0 Å². The minimum Gasteiger partial charge on any atom is -0.206 e. The maximum atomic E-state index is 14.9. The summed E-state index contributed by atoms with van der Waals surface area (Å²) < 4.78 is 70.6. The van der Waals surface area contributed by atoms with E-state index in [1.165, 1.54) is 30.3 Å². The van der Waals surface area contributed by atoms with Crippen molar-refractivity contribution < 1.29 is 22.0 Å². The monoisotopic (exact) mass is 404 g/mol. The van der Waals surface area contributed by atoms with Gasteiger partial charge in [0.25, 0.3) is 0 Å². The molecule has 0 N–H and O–H groups in total. The zero-order valence-electron chi connectivity index (χ0n) is 16.0. The second-order valence-electron chi connectivity index (χ2n) is 7.91. The summed E-state index contributed by atoms with van der Waals surface area (Å²) in [6.07, 6.45) is 5.07. The van der Waals surface area contributed by atoms with Gasteiger partial charge < -0.3 is 0 Å². The largest absolute Gasteiger partial charge is 0.206 e. The van der Waals surface area contributed by atoms with Gasteiger partial charge in [-0.1, -0.05) is 25.5 Å². The Bertz CT molecular complexity index is 1040. The Morgan fingerprint density at radius 2 is 1.41 bits per heavy atom. The number of benzene rings is 3. The van der Waals surface area contributed by atoms with Crippen LogP contribution in [0.15, 0.2) is 36.4 Å². The minimum absolute atomic E-state index is 0.0414. The molecule has 0 amide bonds. The van der Waals surface area contributed by atoms with E-state index in [0.29, 0.717) is 11.5 Å². The molecule has 5 heteroatoms. The van der Waals surface area contributed by atoms with Crippen molar-refractivity contribution in [3.05, 3.63) is 71.0 Å². The second-order valence-corrected chi connectivity index (χ2v) is 7.91. The second kappa shape index (κ2) is 7.77. The quantitative estimate of drug-likeness (QED) is 0.308. The average Bonchev–Trinajstić information content (AvgIpc) is 2.71. The molecule has 0 radical (unpaired) electrons. The molecule has 3 aromatic carbocycles. The fourth-order valence-electron chi connectivity index (χ4n) is 4.47. The molecule has 0 bridgehead atoms. The summed E-state index contributed by atoms with van der Waals surface area (Å²) in [6, 6.07) is 7.36. The van der Waals surface area contributed by atoms with E-state index in [9.17, 15) is 22.0 Å². The molecule has 4 rings (SSSR count). The van der Waals surface area contributed by atoms with Gasteiger partial charge >= 0.3 is 0 Å². The number of hydrogen-bond donors (Lipinski definition) is 0. The van der Waals surface area contributed by atoms with Gasteiger partial charge in [0, 0.05) is 5.39 Å². The topological polar surface area (TPSA) is 0 Å². The minimum atomic E-state index is -1.57. The highest BCUT2D eigenvalue weighted by atomic mass is 19.2. The Hall–Kier alpha value is -2.43. The third kappa shape index (κ3) is 3.63. The molecular weight excluding hydrogens is 383 g/mol. The summed E-state index contributed by atoms with van der Waals surface area (Å²) in [5, 5.41) is -0.0996. The van der Waals surface area contributed by atoms with Crippen molar-refractivity contribution in [1.29, 1.82) is 0 Å². The molecule has 1 fully saturated rings. The van der Waals surface area contributed by atoms with Crippen LogP contribution >= 0.6 is 0 Å². The van der Waals surface area contributed by atoms with Crippen LogP contribution in [0.2, 0.25) is 0 Å². The molecule has 3 aromatic rings. The van der Waals surface area contributed by atoms with Crippen molar-refractivity contribution in [3.8, 4) is 11.1 Å². The third-order valence-corrected chi connectivity index (χ3v) is 6.22. The lowest BCUT2D eigenvalue weighted by Crippen LogP contribution is -2.13. The van der Waals surface area contributed by atoms with E-state index in [1.54, 1.807) is 0 Å². The highest BCUT2D eigenvalue weighted by molar-refractivity contribution is 5.88. The van der Waals surface area contributed by atoms with Gasteiger partial charge in [0.05, 0.1) is 5.56 Å². The predicted octanol–water partition coefficient (Wildman–Crippen LogP) is 7.89. The van der Waals surface area contributed by atoms with E-state index in [2.05, 4.69) is 6.92 Å². The van der Waals surface area contributed by atoms with E-state index >= 15 is 0 Å². The molecule has 1 aliphatic rings. The average molecular weight is 404 g/mol. The van der Waals surface area contributed by atoms with Gasteiger partial charge in [-0.05, 0) is 78.3 Å². The highest BCUT2D eigenvalue weighted by Gasteiger charge is 2.24. The molecule has 0 nitrogen and oxygen atoms in total. The number of fused-ring (bicyclic) bond motifs is 1. The molecule has 29 heavy (non-hydrogen) atoms. The summed E-state index contributed by atoms with van der Waals surface area (Å²) in [4.78, 5) is 0. The van der Waals surface area contributed by atoms with E-state index in [0.717, 1.165) is 38.2 Å². The lowest BCUT2D eigenvalue weighted by atomic mass is 9.77. The van der Waals surface area contributed by atoms with Crippen molar-refractivity contribution in [2.75, 3.05) is 0 Å². The van der Waals surface area contributed by atoms with Crippen LogP contribution < -0.4 is 0 Å². The Kier molecular flexibility index (Phi) is 5.32. The van der Waals surface area contributed by atoms with Gasteiger partial charge in [0.2, 0.25) is 0 Å². The zero-order valence-corrected chi connectivity index (χ0v) is 16.0. The maximum absolute atomic E-state index is 14.9. The first-order chi connectivity index (χ1) is 13.9. The van der Waals surface area contributed by atoms with Crippen molar-refractivity contribution in [2.45, 2.75) is 44.9 Å². The van der Waals surface area contributed by atoms with Gasteiger partial charge in [0.15, 0.2) is 17.5 Å². The summed E-state index contributed by atoms with van der Waals surface area (Å²) >= 11 is 0. The van der Waals surface area contributed by atoms with Crippen LogP contribution in [-0.4, -0.2) is 0 Å². The molecule has 0 aliphatic heterocycles. The van der Waals surface area contributed by atoms with Crippen molar-refractivity contribution in [2.24, 2.45) is 5.92 Å². The Morgan fingerprint density at radius 1 is 0.759 bits per heavy atom. The zero-order chi connectivity index (χ0) is 20.7. The number of rotatable bonds is 3. The van der Waals surface area contributed by atoms with Gasteiger partial charge in [-0.15, -0.1) is 0 Å². The van der Waals surface area contributed by atoms with Crippen LogP contribution in [0.3, 0.4) is 0 Å². The molecule has 0 unspecified atom stereocenters. The molecule has 0 aromatic heterocycles. The summed E-state index contributed by atoms with van der Waals surface area (Å²) in [5.74, 6) is -4.82. The van der Waals surface area contributed by atoms with Gasteiger partial charge in [-0.2, -0.15) is 0 Å². The fourth-order valence-corrected chi connectivity index (χ4v) is 4.47. The fraction of sp³-hybridized carbons (Fsp3) is 0.333. The van der Waals surface area contributed by atoms with E-state index in [-0.39, 0.29) is 27.8 Å². The van der Waals surface area contributed by atoms with Crippen LogP contribution in [-0.2, 0) is 0 Å². The molecule has 0 saturated heterocycles. The molecule has 0 atom stereocenters. The highest BCUT2D eigenvalue weighted by Crippen LogP contribution is 2.39. The van der Waals surface area contributed by atoms with Crippen LogP contribution in [0.25, 0.3) is 21.9 Å². The first kappa shape index (κ1) is 19.9. The molecule has 0 spiro atoms. The molecule has 1 saturated carbocycles. The van der Waals surface area contributed by atoms with Crippen molar-refractivity contribution in [3.63, 3.8) is 0 Å². The van der Waals surface area contributed by atoms with Crippen LogP contribution in [0.4, 0.5) is 22.0 Å². The predicted molar refractivity (Wildman–Crippen MR) is 104 cm³/mol. The normalized spacial score (nSPS) is 19.7. The van der Waals surface area contributed by atoms with Gasteiger partial charge in [-0.25, -0.2) is 22.0 Å². The Morgan fingerprint density at radius 3 is 2.03 bits per heavy atom. The summed E-state index contributed by atoms with van der Waals surface area (Å²) in [5.41, 5.74) is 0.556. The lowest BCUT2D eigenvalue weighted by molar-refractivity contribution is 0.318.